The number of ether oxygens (including phenoxy) is 3. The fraction of sp³-hybridized carbons (Fsp3) is 1.00. The maximum absolute atomic E-state index is 6.09. The van der Waals surface area contributed by atoms with Gasteiger partial charge in [-0.15, -0.1) is 0 Å². The van der Waals surface area contributed by atoms with Crippen LogP contribution in [0, 0.1) is 0 Å². The van der Waals surface area contributed by atoms with Gasteiger partial charge in [-0.05, 0) is 39.3 Å². The summed E-state index contributed by atoms with van der Waals surface area (Å²) >= 11 is 0. The Labute approximate surface area is 110 Å². The minimum absolute atomic E-state index is 0.246. The minimum Gasteiger partial charge on any atom is -0.377 e. The van der Waals surface area contributed by atoms with Crippen LogP contribution in [0.2, 0.25) is 0 Å². The molecule has 104 valence electrons. The zero-order valence-electron chi connectivity index (χ0n) is 11.4. The van der Waals surface area contributed by atoms with Gasteiger partial charge >= 0.3 is 0 Å². The smallest absolute Gasteiger partial charge is 0.168 e. The third-order valence-electron chi connectivity index (χ3n) is 4.70. The predicted octanol–water partition coefficient (Wildman–Crippen LogP) is 1.78. The molecule has 3 rings (SSSR count). The van der Waals surface area contributed by atoms with Gasteiger partial charge in [0.05, 0.1) is 25.9 Å². The molecule has 0 N–H and O–H groups in total. The fourth-order valence-electron chi connectivity index (χ4n) is 3.42. The van der Waals surface area contributed by atoms with Crippen LogP contribution in [0.1, 0.15) is 38.5 Å². The van der Waals surface area contributed by atoms with Crippen molar-refractivity contribution in [3.8, 4) is 0 Å². The molecule has 2 heterocycles. The fourth-order valence-corrected chi connectivity index (χ4v) is 3.42. The van der Waals surface area contributed by atoms with E-state index in [1.807, 2.05) is 0 Å². The second-order valence-corrected chi connectivity index (χ2v) is 5.92. The molecule has 3 fully saturated rings. The summed E-state index contributed by atoms with van der Waals surface area (Å²) in [6.45, 7) is 3.65. The molecule has 18 heavy (non-hydrogen) atoms. The number of likely N-dealkylation sites (tertiary alicyclic amines) is 1. The highest BCUT2D eigenvalue weighted by Crippen LogP contribution is 2.36. The van der Waals surface area contributed by atoms with Crippen molar-refractivity contribution in [2.45, 2.75) is 56.5 Å². The van der Waals surface area contributed by atoms with Crippen LogP contribution in [0.3, 0.4) is 0 Å². The molecule has 1 unspecified atom stereocenters. The lowest BCUT2D eigenvalue weighted by molar-refractivity contribution is -0.192. The topological polar surface area (TPSA) is 30.9 Å². The van der Waals surface area contributed by atoms with Crippen LogP contribution < -0.4 is 0 Å². The van der Waals surface area contributed by atoms with E-state index in [0.717, 1.165) is 45.5 Å². The molecule has 0 amide bonds. The van der Waals surface area contributed by atoms with Crippen LogP contribution in [0.25, 0.3) is 0 Å². The number of nitrogens with zero attached hydrogens (tertiary/aromatic N) is 1. The number of hydrogen-bond donors (Lipinski definition) is 0. The van der Waals surface area contributed by atoms with Gasteiger partial charge in [-0.25, -0.2) is 0 Å². The summed E-state index contributed by atoms with van der Waals surface area (Å²) < 4.78 is 17.6. The number of rotatable bonds is 3. The predicted molar refractivity (Wildman–Crippen MR) is 68.5 cm³/mol. The highest BCUT2D eigenvalue weighted by atomic mass is 16.7. The Hall–Kier alpha value is -0.160. The Morgan fingerprint density at radius 3 is 2.50 bits per heavy atom. The van der Waals surface area contributed by atoms with Gasteiger partial charge in [-0.3, -0.25) is 0 Å². The van der Waals surface area contributed by atoms with Crippen molar-refractivity contribution >= 4 is 0 Å². The highest BCUT2D eigenvalue weighted by Gasteiger charge is 2.40. The van der Waals surface area contributed by atoms with Crippen molar-refractivity contribution in [1.29, 1.82) is 0 Å². The lowest BCUT2D eigenvalue weighted by atomic mass is 9.92. The molecule has 0 aromatic carbocycles. The first-order valence-electron chi connectivity index (χ1n) is 7.37. The Kier molecular flexibility index (Phi) is 3.89. The first-order chi connectivity index (χ1) is 8.77. The van der Waals surface area contributed by atoms with Crippen LogP contribution in [-0.2, 0) is 14.2 Å². The third-order valence-corrected chi connectivity index (χ3v) is 4.70. The van der Waals surface area contributed by atoms with E-state index >= 15 is 0 Å². The van der Waals surface area contributed by atoms with Gasteiger partial charge in [0, 0.05) is 18.9 Å². The molecule has 4 nitrogen and oxygen atoms in total. The molecule has 0 radical (unpaired) electrons. The van der Waals surface area contributed by atoms with Gasteiger partial charge in [-0.2, -0.15) is 0 Å². The molecule has 1 spiro atoms. The summed E-state index contributed by atoms with van der Waals surface area (Å²) in [5.74, 6) is -0.246. The first kappa shape index (κ1) is 12.9. The van der Waals surface area contributed by atoms with E-state index in [1.54, 1.807) is 0 Å². The zero-order chi connectivity index (χ0) is 12.4. The molecule has 0 bridgehead atoms. The molecule has 1 atom stereocenters. The van der Waals surface area contributed by atoms with E-state index in [1.165, 1.54) is 19.4 Å². The standard InChI is InChI=1S/C14H25NO3/c1-15-8-2-3-12(15)11-16-13-4-6-14(7-5-13)17-9-10-18-14/h12-13H,2-11H2,1H3. The second kappa shape index (κ2) is 5.45. The van der Waals surface area contributed by atoms with Crippen molar-refractivity contribution in [3.05, 3.63) is 0 Å². The second-order valence-electron chi connectivity index (χ2n) is 5.92. The molecule has 0 aromatic rings. The number of hydrogen-bond acceptors (Lipinski definition) is 4. The normalized spacial score (nSPS) is 33.5. The molecule has 0 aromatic heterocycles. The van der Waals surface area contributed by atoms with Crippen LogP contribution in [0.5, 0.6) is 0 Å². The van der Waals surface area contributed by atoms with E-state index in [-0.39, 0.29) is 5.79 Å². The van der Waals surface area contributed by atoms with Gasteiger partial charge in [-0.1, -0.05) is 0 Å². The van der Waals surface area contributed by atoms with Crippen molar-refractivity contribution < 1.29 is 14.2 Å². The summed E-state index contributed by atoms with van der Waals surface area (Å²) in [6.07, 6.45) is 7.18. The first-order valence-corrected chi connectivity index (χ1v) is 7.37. The average Bonchev–Trinajstić information content (AvgIpc) is 2.99. The summed E-state index contributed by atoms with van der Waals surface area (Å²) in [7, 11) is 2.21. The molecule has 1 saturated carbocycles. The third kappa shape index (κ3) is 2.72. The monoisotopic (exact) mass is 255 g/mol. The van der Waals surface area contributed by atoms with Gasteiger partial charge in [0.1, 0.15) is 0 Å². The minimum atomic E-state index is -0.246. The SMILES string of the molecule is CN1CCCC1COC1CCC2(CC1)OCCO2. The largest absolute Gasteiger partial charge is 0.377 e. The van der Waals surface area contributed by atoms with E-state index in [2.05, 4.69) is 11.9 Å². The quantitative estimate of drug-likeness (QED) is 0.769. The maximum atomic E-state index is 6.09. The van der Waals surface area contributed by atoms with Gasteiger partial charge in [0.15, 0.2) is 5.79 Å². The summed E-state index contributed by atoms with van der Waals surface area (Å²) in [5.41, 5.74) is 0. The molecule has 2 aliphatic heterocycles. The Balaban J connectivity index is 1.40. The lowest BCUT2D eigenvalue weighted by Crippen LogP contribution is -2.39. The number of likely N-dealkylation sites (N-methyl/N-ethyl adjacent to an activating group) is 1. The Morgan fingerprint density at radius 1 is 1.17 bits per heavy atom. The molecule has 4 heteroatoms. The lowest BCUT2D eigenvalue weighted by Gasteiger charge is -2.35. The van der Waals surface area contributed by atoms with E-state index in [4.69, 9.17) is 14.2 Å². The van der Waals surface area contributed by atoms with E-state index in [0.29, 0.717) is 12.1 Å². The zero-order valence-corrected chi connectivity index (χ0v) is 11.4. The highest BCUT2D eigenvalue weighted by molar-refractivity contribution is 4.84. The van der Waals surface area contributed by atoms with Crippen molar-refractivity contribution in [2.75, 3.05) is 33.4 Å². The molecule has 1 aliphatic carbocycles. The van der Waals surface area contributed by atoms with Gasteiger partial charge < -0.3 is 19.1 Å². The molecular formula is C14H25NO3. The summed E-state index contributed by atoms with van der Waals surface area (Å²) in [4.78, 5) is 2.42. The van der Waals surface area contributed by atoms with Gasteiger partial charge in [0.2, 0.25) is 0 Å². The molecular weight excluding hydrogens is 230 g/mol. The molecule has 3 aliphatic rings. The summed E-state index contributed by atoms with van der Waals surface area (Å²) in [5, 5.41) is 0. The van der Waals surface area contributed by atoms with Crippen molar-refractivity contribution in [1.82, 2.24) is 4.90 Å². The van der Waals surface area contributed by atoms with Crippen LogP contribution >= 0.6 is 0 Å². The van der Waals surface area contributed by atoms with E-state index in [9.17, 15) is 0 Å². The van der Waals surface area contributed by atoms with Crippen LogP contribution in [-0.4, -0.2) is 56.2 Å². The van der Waals surface area contributed by atoms with Crippen LogP contribution in [0.4, 0.5) is 0 Å². The van der Waals surface area contributed by atoms with Crippen LogP contribution in [0.15, 0.2) is 0 Å². The van der Waals surface area contributed by atoms with Crippen molar-refractivity contribution in [3.63, 3.8) is 0 Å². The average molecular weight is 255 g/mol. The summed E-state index contributed by atoms with van der Waals surface area (Å²) in [6, 6.07) is 0.639. The van der Waals surface area contributed by atoms with Crippen molar-refractivity contribution in [2.24, 2.45) is 0 Å². The van der Waals surface area contributed by atoms with Gasteiger partial charge in [0.25, 0.3) is 0 Å². The molecule has 2 saturated heterocycles. The maximum Gasteiger partial charge on any atom is 0.168 e. The Bertz CT molecular complexity index is 268. The Morgan fingerprint density at radius 2 is 1.89 bits per heavy atom. The van der Waals surface area contributed by atoms with E-state index < -0.39 is 0 Å².